The molecule has 2 aliphatic heterocycles. The van der Waals surface area contributed by atoms with Crippen LogP contribution in [0.25, 0.3) is 0 Å². The number of carbonyl (C=O) groups is 1. The van der Waals surface area contributed by atoms with Gasteiger partial charge in [-0.25, -0.2) is 4.39 Å². The second kappa shape index (κ2) is 6.06. The van der Waals surface area contributed by atoms with E-state index in [1.165, 1.54) is 6.07 Å². The van der Waals surface area contributed by atoms with Gasteiger partial charge in [0, 0.05) is 30.1 Å². The van der Waals surface area contributed by atoms with Gasteiger partial charge in [-0.05, 0) is 51.8 Å². The zero-order valence-electron chi connectivity index (χ0n) is 14.9. The molecule has 0 aromatic heterocycles. The van der Waals surface area contributed by atoms with E-state index in [1.54, 1.807) is 12.1 Å². The lowest BCUT2D eigenvalue weighted by molar-refractivity contribution is -0.142. The third kappa shape index (κ3) is 2.59. The zero-order valence-corrected chi connectivity index (χ0v) is 14.9. The largest absolute Gasteiger partial charge is 0.396 e. The normalized spacial score (nSPS) is 31.5. The summed E-state index contributed by atoms with van der Waals surface area (Å²) in [5, 5.41) is 10.0. The number of halogens is 1. The van der Waals surface area contributed by atoms with Crippen molar-refractivity contribution in [2.24, 2.45) is 5.41 Å². The third-order valence-corrected chi connectivity index (χ3v) is 6.85. The van der Waals surface area contributed by atoms with Gasteiger partial charge in [-0.3, -0.25) is 4.79 Å². The SMILES string of the molecule is CN1CCC[C@]2(CO)CCN(C(=O)C3(c4ccccc4F)CC3)C[C@@H]12. The zero-order chi connectivity index (χ0) is 17.7. The lowest BCUT2D eigenvalue weighted by Gasteiger charge is -2.54. The van der Waals surface area contributed by atoms with Crippen LogP contribution in [0.15, 0.2) is 24.3 Å². The molecule has 2 atom stereocenters. The van der Waals surface area contributed by atoms with Gasteiger partial charge in [0.15, 0.2) is 0 Å². The van der Waals surface area contributed by atoms with Crippen molar-refractivity contribution < 1.29 is 14.3 Å². The fraction of sp³-hybridized carbons (Fsp3) is 0.650. The van der Waals surface area contributed by atoms with Crippen LogP contribution in [0.2, 0.25) is 0 Å². The number of amides is 1. The molecule has 2 heterocycles. The van der Waals surface area contributed by atoms with Crippen LogP contribution in [0.5, 0.6) is 0 Å². The monoisotopic (exact) mass is 346 g/mol. The highest BCUT2D eigenvalue weighted by Gasteiger charge is 2.56. The summed E-state index contributed by atoms with van der Waals surface area (Å²) in [5.41, 5.74) is -0.188. The molecular weight excluding hydrogens is 319 g/mol. The Labute approximate surface area is 148 Å². The van der Waals surface area contributed by atoms with Gasteiger partial charge in [-0.2, -0.15) is 0 Å². The second-order valence-corrected chi connectivity index (χ2v) is 8.18. The number of piperidine rings is 2. The molecule has 2 saturated heterocycles. The standard InChI is InChI=1S/C20H27FN2O2/c1-22-11-4-7-19(14-24)10-12-23(13-17(19)22)18(25)20(8-9-20)15-5-2-3-6-16(15)21/h2-3,5-6,17,24H,4,7-14H2,1H3/t17-,19-/m1/s1. The first-order chi connectivity index (χ1) is 12.0. The lowest BCUT2D eigenvalue weighted by atomic mass is 9.69. The van der Waals surface area contributed by atoms with Crippen LogP contribution in [0, 0.1) is 11.2 Å². The smallest absolute Gasteiger partial charge is 0.233 e. The van der Waals surface area contributed by atoms with Crippen molar-refractivity contribution in [2.45, 2.75) is 43.6 Å². The average molecular weight is 346 g/mol. The van der Waals surface area contributed by atoms with Crippen molar-refractivity contribution in [2.75, 3.05) is 33.3 Å². The summed E-state index contributed by atoms with van der Waals surface area (Å²) in [6.45, 7) is 2.50. The molecule has 1 aromatic carbocycles. The lowest BCUT2D eigenvalue weighted by Crippen LogP contribution is -2.63. The summed E-state index contributed by atoms with van der Waals surface area (Å²) >= 11 is 0. The van der Waals surface area contributed by atoms with Crippen LogP contribution in [0.4, 0.5) is 4.39 Å². The number of rotatable bonds is 3. The highest BCUT2D eigenvalue weighted by Crippen LogP contribution is 2.51. The van der Waals surface area contributed by atoms with Gasteiger partial charge in [0.05, 0.1) is 12.0 Å². The summed E-state index contributed by atoms with van der Waals surface area (Å²) < 4.78 is 14.3. The molecule has 0 unspecified atom stereocenters. The maximum absolute atomic E-state index is 14.3. The Bertz CT molecular complexity index is 675. The van der Waals surface area contributed by atoms with Crippen LogP contribution in [-0.2, 0) is 10.2 Å². The second-order valence-electron chi connectivity index (χ2n) is 8.18. The Morgan fingerprint density at radius 3 is 2.68 bits per heavy atom. The van der Waals surface area contributed by atoms with E-state index in [9.17, 15) is 14.3 Å². The number of fused-ring (bicyclic) bond motifs is 1. The maximum atomic E-state index is 14.3. The molecule has 1 amide bonds. The third-order valence-electron chi connectivity index (χ3n) is 6.85. The van der Waals surface area contributed by atoms with Crippen LogP contribution in [-0.4, -0.2) is 60.1 Å². The number of hydrogen-bond donors (Lipinski definition) is 1. The van der Waals surface area contributed by atoms with Crippen molar-refractivity contribution in [3.8, 4) is 0 Å². The molecule has 0 spiro atoms. The van der Waals surface area contributed by atoms with E-state index in [4.69, 9.17) is 0 Å². The number of aliphatic hydroxyl groups is 1. The van der Waals surface area contributed by atoms with Gasteiger partial charge in [-0.1, -0.05) is 18.2 Å². The summed E-state index contributed by atoms with van der Waals surface area (Å²) in [7, 11) is 2.09. The fourth-order valence-electron chi connectivity index (χ4n) is 5.08. The van der Waals surface area contributed by atoms with E-state index in [0.29, 0.717) is 18.7 Å². The van der Waals surface area contributed by atoms with Crippen molar-refractivity contribution in [3.05, 3.63) is 35.6 Å². The highest BCUT2D eigenvalue weighted by molar-refractivity contribution is 5.91. The Balaban J connectivity index is 1.57. The molecular formula is C20H27FN2O2. The summed E-state index contributed by atoms with van der Waals surface area (Å²) in [6, 6.07) is 6.89. The molecule has 3 aliphatic rings. The Hall–Kier alpha value is -1.46. The minimum atomic E-state index is -0.655. The van der Waals surface area contributed by atoms with Crippen molar-refractivity contribution in [1.82, 2.24) is 9.80 Å². The van der Waals surface area contributed by atoms with Crippen LogP contribution in [0.3, 0.4) is 0 Å². The van der Waals surface area contributed by atoms with Crippen LogP contribution in [0.1, 0.15) is 37.7 Å². The van der Waals surface area contributed by atoms with Crippen molar-refractivity contribution in [3.63, 3.8) is 0 Å². The minimum Gasteiger partial charge on any atom is -0.396 e. The molecule has 4 rings (SSSR count). The number of likely N-dealkylation sites (N-methyl/N-ethyl adjacent to an activating group) is 1. The topological polar surface area (TPSA) is 43.8 Å². The highest BCUT2D eigenvalue weighted by atomic mass is 19.1. The predicted molar refractivity (Wildman–Crippen MR) is 93.7 cm³/mol. The molecule has 4 nitrogen and oxygen atoms in total. The van der Waals surface area contributed by atoms with Gasteiger partial charge < -0.3 is 14.9 Å². The summed E-state index contributed by atoms with van der Waals surface area (Å²) in [5.74, 6) is -0.201. The van der Waals surface area contributed by atoms with E-state index in [-0.39, 0.29) is 29.8 Å². The van der Waals surface area contributed by atoms with E-state index in [2.05, 4.69) is 11.9 Å². The first-order valence-corrected chi connectivity index (χ1v) is 9.38. The first-order valence-electron chi connectivity index (χ1n) is 9.38. The molecule has 0 radical (unpaired) electrons. The van der Waals surface area contributed by atoms with Gasteiger partial charge in [-0.15, -0.1) is 0 Å². The number of aliphatic hydroxyl groups excluding tert-OH is 1. The Kier molecular flexibility index (Phi) is 4.12. The quantitative estimate of drug-likeness (QED) is 0.912. The van der Waals surface area contributed by atoms with E-state index in [1.807, 2.05) is 11.0 Å². The predicted octanol–water partition coefficient (Wildman–Crippen LogP) is 2.16. The Morgan fingerprint density at radius 2 is 2.00 bits per heavy atom. The number of benzene rings is 1. The summed E-state index contributed by atoms with van der Waals surface area (Å²) in [6.07, 6.45) is 4.42. The maximum Gasteiger partial charge on any atom is 0.233 e. The Morgan fingerprint density at radius 1 is 1.24 bits per heavy atom. The molecule has 1 aromatic rings. The van der Waals surface area contributed by atoms with E-state index < -0.39 is 5.41 Å². The first kappa shape index (κ1) is 17.0. The number of carbonyl (C=O) groups excluding carboxylic acids is 1. The van der Waals surface area contributed by atoms with Gasteiger partial charge in [0.2, 0.25) is 5.91 Å². The van der Waals surface area contributed by atoms with E-state index in [0.717, 1.165) is 38.6 Å². The molecule has 0 bridgehead atoms. The molecule has 3 fully saturated rings. The van der Waals surface area contributed by atoms with Gasteiger partial charge in [0.25, 0.3) is 0 Å². The molecule has 1 aliphatic carbocycles. The van der Waals surface area contributed by atoms with Crippen LogP contribution < -0.4 is 0 Å². The van der Waals surface area contributed by atoms with Crippen molar-refractivity contribution >= 4 is 5.91 Å². The molecule has 136 valence electrons. The van der Waals surface area contributed by atoms with Gasteiger partial charge in [0.1, 0.15) is 5.82 Å². The minimum absolute atomic E-state index is 0.0723. The van der Waals surface area contributed by atoms with Crippen molar-refractivity contribution in [1.29, 1.82) is 0 Å². The average Bonchev–Trinajstić information content (AvgIpc) is 3.43. The molecule has 1 saturated carbocycles. The molecule has 5 heteroatoms. The number of nitrogens with zero attached hydrogens (tertiary/aromatic N) is 2. The summed E-state index contributed by atoms with van der Waals surface area (Å²) in [4.78, 5) is 17.5. The number of likely N-dealkylation sites (tertiary alicyclic amines) is 2. The molecule has 1 N–H and O–H groups in total. The molecule has 25 heavy (non-hydrogen) atoms. The van der Waals surface area contributed by atoms with E-state index >= 15 is 0 Å². The van der Waals surface area contributed by atoms with Crippen LogP contribution >= 0.6 is 0 Å². The fourth-order valence-corrected chi connectivity index (χ4v) is 5.08. The number of hydrogen-bond acceptors (Lipinski definition) is 3. The van der Waals surface area contributed by atoms with Gasteiger partial charge >= 0.3 is 0 Å².